The third kappa shape index (κ3) is 12.5. The number of nitrogens with two attached hydrogens (primary N) is 1. The minimum absolute atomic E-state index is 0.804. The molecule has 1 unspecified atom stereocenters. The summed E-state index contributed by atoms with van der Waals surface area (Å²) in [6, 6.07) is 0. The number of hydrogen-bond acceptors (Lipinski definition) is 1. The predicted molar refractivity (Wildman–Crippen MR) is 86.5 cm³/mol. The topological polar surface area (TPSA) is 26.0 Å². The molecule has 0 amide bonds. The Balaban J connectivity index is 3.29. The van der Waals surface area contributed by atoms with E-state index in [0.717, 1.165) is 13.2 Å². The molecule has 2 heteroatoms. The fourth-order valence-electron chi connectivity index (χ4n) is 2.63. The van der Waals surface area contributed by atoms with Gasteiger partial charge in [0, 0.05) is 0 Å². The average Bonchev–Trinajstić information content (AvgIpc) is 2.40. The minimum Gasteiger partial charge on any atom is -0.373 e. The highest BCUT2D eigenvalue weighted by atomic mass is 14.4. The van der Waals surface area contributed by atoms with E-state index in [-0.39, 0.29) is 0 Å². The maximum absolute atomic E-state index is 5.88. The van der Waals surface area contributed by atoms with Crippen LogP contribution in [0.1, 0.15) is 97.3 Å². The summed E-state index contributed by atoms with van der Waals surface area (Å²) in [6.07, 6.45) is 18.2. The molecule has 0 rings (SSSR count). The van der Waals surface area contributed by atoms with Crippen molar-refractivity contribution in [2.24, 2.45) is 5.64 Å². The van der Waals surface area contributed by atoms with Gasteiger partial charge in [-0.05, 0) is 0 Å². The van der Waals surface area contributed by atoms with Crippen LogP contribution in [-0.4, -0.2) is 7.41 Å². The molecule has 0 aliphatic heterocycles. The zero-order valence-corrected chi connectivity index (χ0v) is 13.1. The van der Waals surface area contributed by atoms with Crippen molar-refractivity contribution < 1.29 is 0 Å². The summed E-state index contributed by atoms with van der Waals surface area (Å²) >= 11 is 0. The molecule has 108 valence electrons. The molecule has 0 aliphatic rings. The number of rotatable bonds is 14. The summed E-state index contributed by atoms with van der Waals surface area (Å²) in [4.78, 5) is 0. The first-order valence-corrected chi connectivity index (χ1v) is 8.55. The average molecular weight is 253 g/mol. The van der Waals surface area contributed by atoms with E-state index in [1.807, 2.05) is 0 Å². The Hall–Kier alpha value is 0.0249. The lowest BCUT2D eigenvalue weighted by Gasteiger charge is -2.13. The van der Waals surface area contributed by atoms with Crippen molar-refractivity contribution in [1.82, 2.24) is 0 Å². The smallest absolute Gasteiger partial charge is 0.201 e. The van der Waals surface area contributed by atoms with E-state index in [0.29, 0.717) is 0 Å². The Morgan fingerprint density at radius 2 is 1.06 bits per heavy atom. The predicted octanol–water partition coefficient (Wildman–Crippen LogP) is 5.20. The van der Waals surface area contributed by atoms with Gasteiger partial charge in [0.1, 0.15) is 0 Å². The van der Waals surface area contributed by atoms with E-state index in [2.05, 4.69) is 13.8 Å². The molecule has 0 aliphatic carbocycles. The zero-order valence-electron chi connectivity index (χ0n) is 13.1. The molecule has 0 radical (unpaired) electrons. The first-order valence-electron chi connectivity index (χ1n) is 8.55. The second-order valence-electron chi connectivity index (χ2n) is 5.86. The van der Waals surface area contributed by atoms with Gasteiger partial charge in [-0.15, -0.1) is 0 Å². The van der Waals surface area contributed by atoms with Gasteiger partial charge >= 0.3 is 0 Å². The van der Waals surface area contributed by atoms with Gasteiger partial charge < -0.3 is 5.64 Å². The van der Waals surface area contributed by atoms with E-state index in [1.165, 1.54) is 83.5 Å². The van der Waals surface area contributed by atoms with Gasteiger partial charge in [0.05, 0.1) is 0 Å². The summed E-state index contributed by atoms with van der Waals surface area (Å²) in [6.45, 7) is 4.56. The van der Waals surface area contributed by atoms with Crippen molar-refractivity contribution in [3.05, 3.63) is 0 Å². The molecule has 0 saturated carbocycles. The molecule has 0 heterocycles. The molecule has 1 nitrogen and oxygen atoms in total. The van der Waals surface area contributed by atoms with Gasteiger partial charge in [0.25, 0.3) is 0 Å². The second kappa shape index (κ2) is 15.1. The van der Waals surface area contributed by atoms with Crippen LogP contribution in [0.25, 0.3) is 0 Å². The van der Waals surface area contributed by atoms with Crippen LogP contribution in [0.5, 0.6) is 0 Å². The normalized spacial score (nSPS) is 12.6. The summed E-state index contributed by atoms with van der Waals surface area (Å²) in [5.74, 6) is 0.804. The summed E-state index contributed by atoms with van der Waals surface area (Å²) < 4.78 is 0. The van der Waals surface area contributed by atoms with Gasteiger partial charge in [-0.2, -0.15) is 0 Å². The molecule has 18 heavy (non-hydrogen) atoms. The third-order valence-electron chi connectivity index (χ3n) is 4.02. The Morgan fingerprint density at radius 3 is 1.44 bits per heavy atom. The molecule has 0 aromatic rings. The summed E-state index contributed by atoms with van der Waals surface area (Å²) in [5.41, 5.74) is 5.88. The fourth-order valence-corrected chi connectivity index (χ4v) is 2.63. The monoisotopic (exact) mass is 253 g/mol. The van der Waals surface area contributed by atoms with Crippen molar-refractivity contribution in [2.75, 3.05) is 0 Å². The highest BCUT2D eigenvalue weighted by Crippen LogP contribution is 2.21. The van der Waals surface area contributed by atoms with Crippen LogP contribution >= 0.6 is 0 Å². The highest BCUT2D eigenvalue weighted by molar-refractivity contribution is 6.33. The van der Waals surface area contributed by atoms with Crippen molar-refractivity contribution >= 4 is 7.41 Å². The summed E-state index contributed by atoms with van der Waals surface area (Å²) in [5, 5.41) is 0. The molecule has 0 aromatic heterocycles. The van der Waals surface area contributed by atoms with E-state index in [9.17, 15) is 0 Å². The molecule has 0 spiro atoms. The fraction of sp³-hybridized carbons (Fsp3) is 1.00. The molecule has 2 N–H and O–H groups in total. The standard InChI is InChI=1S/C16H36BN/c1-3-5-7-9-11-13-15-16(17-18)14-12-10-8-6-4-2/h16-17H,3-15,18H2,1-2H3. The maximum atomic E-state index is 5.88. The van der Waals surface area contributed by atoms with E-state index >= 15 is 0 Å². The maximum Gasteiger partial charge on any atom is 0.201 e. The molecule has 0 bridgehead atoms. The van der Waals surface area contributed by atoms with Crippen LogP contribution in [0.4, 0.5) is 0 Å². The van der Waals surface area contributed by atoms with Crippen LogP contribution in [0, 0.1) is 0 Å². The Labute approximate surface area is 117 Å². The van der Waals surface area contributed by atoms with Crippen LogP contribution in [-0.2, 0) is 0 Å². The van der Waals surface area contributed by atoms with E-state index < -0.39 is 0 Å². The van der Waals surface area contributed by atoms with Crippen molar-refractivity contribution in [3.8, 4) is 0 Å². The third-order valence-corrected chi connectivity index (χ3v) is 4.02. The van der Waals surface area contributed by atoms with Crippen molar-refractivity contribution in [1.29, 1.82) is 0 Å². The van der Waals surface area contributed by atoms with Crippen LogP contribution < -0.4 is 5.64 Å². The molecule has 1 atom stereocenters. The van der Waals surface area contributed by atoms with Gasteiger partial charge in [0.15, 0.2) is 0 Å². The lowest BCUT2D eigenvalue weighted by molar-refractivity contribution is 0.535. The Morgan fingerprint density at radius 1 is 0.667 bits per heavy atom. The molecular formula is C16H36BN. The van der Waals surface area contributed by atoms with Gasteiger partial charge in [-0.3, -0.25) is 0 Å². The SMILES string of the molecule is CCCCCCCCC(BN)CCCCCCC. The van der Waals surface area contributed by atoms with Gasteiger partial charge in [0.2, 0.25) is 7.41 Å². The minimum atomic E-state index is 0.804. The molecule has 0 fully saturated rings. The first-order chi connectivity index (χ1) is 8.85. The van der Waals surface area contributed by atoms with Crippen molar-refractivity contribution in [3.63, 3.8) is 0 Å². The largest absolute Gasteiger partial charge is 0.373 e. The van der Waals surface area contributed by atoms with Gasteiger partial charge in [-0.1, -0.05) is 103 Å². The number of hydrogen-bond donors (Lipinski definition) is 1. The molecule has 0 saturated heterocycles. The molecule has 0 aromatic carbocycles. The number of unbranched alkanes of at least 4 members (excludes halogenated alkanes) is 9. The summed E-state index contributed by atoms with van der Waals surface area (Å²) in [7, 11) is 0.905. The zero-order chi connectivity index (χ0) is 13.5. The second-order valence-corrected chi connectivity index (χ2v) is 5.86. The Bertz CT molecular complexity index is 150. The van der Waals surface area contributed by atoms with Crippen LogP contribution in [0.2, 0.25) is 5.82 Å². The van der Waals surface area contributed by atoms with E-state index in [4.69, 9.17) is 5.64 Å². The molecular weight excluding hydrogens is 217 g/mol. The highest BCUT2D eigenvalue weighted by Gasteiger charge is 2.07. The lowest BCUT2D eigenvalue weighted by atomic mass is 9.71. The van der Waals surface area contributed by atoms with Crippen LogP contribution in [0.3, 0.4) is 0 Å². The quantitative estimate of drug-likeness (QED) is 0.334. The van der Waals surface area contributed by atoms with Crippen molar-refractivity contribution in [2.45, 2.75) is 103 Å². The van der Waals surface area contributed by atoms with Crippen LogP contribution in [0.15, 0.2) is 0 Å². The lowest BCUT2D eigenvalue weighted by Crippen LogP contribution is -2.13. The van der Waals surface area contributed by atoms with Gasteiger partial charge in [-0.25, -0.2) is 0 Å². The van der Waals surface area contributed by atoms with E-state index in [1.54, 1.807) is 0 Å². The Kier molecular flexibility index (Phi) is 15.1. The first kappa shape index (κ1) is 18.0.